The zero-order chi connectivity index (χ0) is 14.2. The summed E-state index contributed by atoms with van der Waals surface area (Å²) in [6.45, 7) is 4.34. The van der Waals surface area contributed by atoms with Crippen molar-refractivity contribution in [3.05, 3.63) is 50.5 Å². The van der Waals surface area contributed by atoms with Crippen LogP contribution < -0.4 is 0 Å². The molecule has 0 aliphatic carbocycles. The first-order valence-corrected chi connectivity index (χ1v) is 6.98. The number of aryl methyl sites for hydroxylation is 2. The molecule has 19 heavy (non-hydrogen) atoms. The normalized spacial score (nSPS) is 12.7. The van der Waals surface area contributed by atoms with E-state index in [1.54, 1.807) is 16.8 Å². The van der Waals surface area contributed by atoms with Crippen molar-refractivity contribution in [3.63, 3.8) is 0 Å². The summed E-state index contributed by atoms with van der Waals surface area (Å²) in [4.78, 5) is 0. The lowest BCUT2D eigenvalue weighted by Gasteiger charge is -2.14. The summed E-state index contributed by atoms with van der Waals surface area (Å²) in [5.74, 6) is -0.620. The topological polar surface area (TPSA) is 38.0 Å². The van der Waals surface area contributed by atoms with Crippen molar-refractivity contribution in [2.45, 2.75) is 26.5 Å². The number of aliphatic hydroxyl groups excluding tert-OH is 1. The molecule has 1 atom stereocenters. The van der Waals surface area contributed by atoms with E-state index in [1.807, 2.05) is 13.8 Å². The van der Waals surface area contributed by atoms with Crippen LogP contribution in [0.4, 0.5) is 4.39 Å². The van der Waals surface area contributed by atoms with Gasteiger partial charge in [-0.05, 0) is 41.9 Å². The average Bonchev–Trinajstić information content (AvgIpc) is 2.77. The predicted molar refractivity (Wildman–Crippen MR) is 75.8 cm³/mol. The second-order valence-corrected chi connectivity index (χ2v) is 5.43. The molecule has 1 heterocycles. The SMILES string of the molecule is CCn1nc(C)cc1C(O)c1ccc(Br)c(Cl)c1F. The van der Waals surface area contributed by atoms with E-state index in [4.69, 9.17) is 11.6 Å². The van der Waals surface area contributed by atoms with Gasteiger partial charge in [0, 0.05) is 16.6 Å². The molecular formula is C13H13BrClFN2O. The smallest absolute Gasteiger partial charge is 0.149 e. The van der Waals surface area contributed by atoms with Gasteiger partial charge in [-0.2, -0.15) is 5.10 Å². The lowest BCUT2D eigenvalue weighted by molar-refractivity contribution is 0.203. The van der Waals surface area contributed by atoms with E-state index < -0.39 is 11.9 Å². The first-order valence-electron chi connectivity index (χ1n) is 5.81. The van der Waals surface area contributed by atoms with Gasteiger partial charge >= 0.3 is 0 Å². The van der Waals surface area contributed by atoms with Crippen LogP contribution in [0, 0.1) is 12.7 Å². The molecule has 0 saturated heterocycles. The Kier molecular flexibility index (Phi) is 4.28. The first kappa shape index (κ1) is 14.5. The maximum Gasteiger partial charge on any atom is 0.149 e. The van der Waals surface area contributed by atoms with E-state index >= 15 is 0 Å². The molecule has 1 aromatic heterocycles. The van der Waals surface area contributed by atoms with Crippen LogP contribution >= 0.6 is 27.5 Å². The zero-order valence-electron chi connectivity index (χ0n) is 10.5. The Hall–Kier alpha value is -0.910. The van der Waals surface area contributed by atoms with Crippen LogP contribution in [0.3, 0.4) is 0 Å². The van der Waals surface area contributed by atoms with Crippen molar-refractivity contribution in [2.75, 3.05) is 0 Å². The third-order valence-corrected chi connectivity index (χ3v) is 4.13. The minimum Gasteiger partial charge on any atom is -0.382 e. The Morgan fingerprint density at radius 1 is 1.53 bits per heavy atom. The number of nitrogens with zero attached hydrogens (tertiary/aromatic N) is 2. The average molecular weight is 348 g/mol. The van der Waals surface area contributed by atoms with Gasteiger partial charge in [0.2, 0.25) is 0 Å². The van der Waals surface area contributed by atoms with Gasteiger partial charge in [0.25, 0.3) is 0 Å². The Morgan fingerprint density at radius 2 is 2.21 bits per heavy atom. The minimum atomic E-state index is -1.09. The lowest BCUT2D eigenvalue weighted by atomic mass is 10.1. The quantitative estimate of drug-likeness (QED) is 0.857. The monoisotopic (exact) mass is 346 g/mol. The number of hydrogen-bond donors (Lipinski definition) is 1. The lowest BCUT2D eigenvalue weighted by Crippen LogP contribution is -2.10. The number of hydrogen-bond acceptors (Lipinski definition) is 2. The van der Waals surface area contributed by atoms with E-state index in [9.17, 15) is 9.50 Å². The van der Waals surface area contributed by atoms with Crippen molar-refractivity contribution < 1.29 is 9.50 Å². The molecule has 0 spiro atoms. The fourth-order valence-electron chi connectivity index (χ4n) is 1.95. The molecule has 2 aromatic rings. The highest BCUT2D eigenvalue weighted by molar-refractivity contribution is 9.10. The summed E-state index contributed by atoms with van der Waals surface area (Å²) >= 11 is 8.98. The van der Waals surface area contributed by atoms with Crippen LogP contribution in [0.2, 0.25) is 5.02 Å². The summed E-state index contributed by atoms with van der Waals surface area (Å²) in [5.41, 5.74) is 1.47. The summed E-state index contributed by atoms with van der Waals surface area (Å²) in [6.07, 6.45) is -1.09. The van der Waals surface area contributed by atoms with Gasteiger partial charge in [0.05, 0.1) is 16.4 Å². The van der Waals surface area contributed by atoms with Crippen LogP contribution in [0.1, 0.15) is 30.0 Å². The van der Waals surface area contributed by atoms with Gasteiger partial charge in [-0.25, -0.2) is 4.39 Å². The van der Waals surface area contributed by atoms with Crippen LogP contribution in [-0.4, -0.2) is 14.9 Å². The molecule has 3 nitrogen and oxygen atoms in total. The maximum absolute atomic E-state index is 14.1. The summed E-state index contributed by atoms with van der Waals surface area (Å²) in [6, 6.07) is 4.87. The fraction of sp³-hybridized carbons (Fsp3) is 0.308. The van der Waals surface area contributed by atoms with Gasteiger partial charge in [0.1, 0.15) is 11.9 Å². The van der Waals surface area contributed by atoms with Gasteiger partial charge in [-0.1, -0.05) is 17.7 Å². The Morgan fingerprint density at radius 3 is 2.84 bits per heavy atom. The molecule has 1 N–H and O–H groups in total. The molecule has 1 aromatic carbocycles. The number of aliphatic hydroxyl groups is 1. The highest BCUT2D eigenvalue weighted by Gasteiger charge is 2.22. The molecule has 1 unspecified atom stereocenters. The van der Waals surface area contributed by atoms with Crippen molar-refractivity contribution in [2.24, 2.45) is 0 Å². The summed E-state index contributed by atoms with van der Waals surface area (Å²) < 4.78 is 16.2. The second-order valence-electron chi connectivity index (χ2n) is 4.19. The van der Waals surface area contributed by atoms with Gasteiger partial charge < -0.3 is 5.11 Å². The summed E-state index contributed by atoms with van der Waals surface area (Å²) in [5, 5.41) is 14.5. The zero-order valence-corrected chi connectivity index (χ0v) is 12.8. The standard InChI is InChI=1S/C13H13BrClFN2O/c1-3-18-10(6-7(2)17-18)13(19)8-4-5-9(14)11(15)12(8)16/h4-6,13,19H,3H2,1-2H3. The largest absolute Gasteiger partial charge is 0.382 e. The molecule has 0 saturated carbocycles. The van der Waals surface area contributed by atoms with E-state index in [2.05, 4.69) is 21.0 Å². The van der Waals surface area contributed by atoms with Crippen molar-refractivity contribution in [3.8, 4) is 0 Å². The van der Waals surface area contributed by atoms with Crippen molar-refractivity contribution in [1.29, 1.82) is 0 Å². The van der Waals surface area contributed by atoms with E-state index in [0.29, 0.717) is 16.7 Å². The molecule has 0 aliphatic rings. The van der Waals surface area contributed by atoms with Gasteiger partial charge in [0.15, 0.2) is 0 Å². The fourth-order valence-corrected chi connectivity index (χ4v) is 2.43. The molecule has 0 aliphatic heterocycles. The molecule has 0 fully saturated rings. The Balaban J connectivity index is 2.49. The number of rotatable bonds is 3. The molecule has 6 heteroatoms. The van der Waals surface area contributed by atoms with Crippen LogP contribution in [0.15, 0.2) is 22.7 Å². The summed E-state index contributed by atoms with van der Waals surface area (Å²) in [7, 11) is 0. The van der Waals surface area contributed by atoms with Crippen LogP contribution in [0.5, 0.6) is 0 Å². The molecule has 2 rings (SSSR count). The van der Waals surface area contributed by atoms with Gasteiger partial charge in [-0.3, -0.25) is 4.68 Å². The molecule has 0 bridgehead atoms. The Bertz CT molecular complexity index is 615. The molecule has 102 valence electrons. The number of aromatic nitrogens is 2. The van der Waals surface area contributed by atoms with Crippen molar-refractivity contribution >= 4 is 27.5 Å². The molecular weight excluding hydrogens is 335 g/mol. The van der Waals surface area contributed by atoms with Crippen LogP contribution in [-0.2, 0) is 6.54 Å². The molecule has 0 radical (unpaired) electrons. The van der Waals surface area contributed by atoms with Crippen molar-refractivity contribution in [1.82, 2.24) is 9.78 Å². The first-order chi connectivity index (χ1) is 8.95. The number of benzene rings is 1. The Labute approximate surface area is 124 Å². The van der Waals surface area contributed by atoms with E-state index in [1.165, 1.54) is 6.07 Å². The molecule has 0 amide bonds. The van der Waals surface area contributed by atoms with Gasteiger partial charge in [-0.15, -0.1) is 0 Å². The number of halogens is 3. The minimum absolute atomic E-state index is 0.0316. The second kappa shape index (κ2) is 5.61. The highest BCUT2D eigenvalue weighted by atomic mass is 79.9. The van der Waals surface area contributed by atoms with Crippen LogP contribution in [0.25, 0.3) is 0 Å². The van der Waals surface area contributed by atoms with E-state index in [-0.39, 0.29) is 10.6 Å². The highest BCUT2D eigenvalue weighted by Crippen LogP contribution is 2.33. The predicted octanol–water partition coefficient (Wildman–Crippen LogP) is 3.85. The third-order valence-electron chi connectivity index (χ3n) is 2.87. The van der Waals surface area contributed by atoms with E-state index in [0.717, 1.165) is 5.69 Å². The maximum atomic E-state index is 14.1. The third kappa shape index (κ3) is 2.68.